The summed E-state index contributed by atoms with van der Waals surface area (Å²) in [4.78, 5) is 12.2. The SMILES string of the molecule is COc1ccc(-c2nc(C)nc(N)n2)c(Cl)c1. The van der Waals surface area contributed by atoms with Crippen LogP contribution in [0.25, 0.3) is 11.4 Å². The van der Waals surface area contributed by atoms with Gasteiger partial charge in [-0.25, -0.2) is 4.98 Å². The predicted molar refractivity (Wildman–Crippen MR) is 66.0 cm³/mol. The van der Waals surface area contributed by atoms with Gasteiger partial charge in [0.2, 0.25) is 5.95 Å². The number of halogens is 1. The molecule has 0 unspecified atom stereocenters. The van der Waals surface area contributed by atoms with Crippen molar-refractivity contribution < 1.29 is 4.74 Å². The van der Waals surface area contributed by atoms with Crippen molar-refractivity contribution in [2.24, 2.45) is 0 Å². The van der Waals surface area contributed by atoms with E-state index in [1.165, 1.54) is 0 Å². The molecule has 2 aromatic rings. The molecule has 2 N–H and O–H groups in total. The molecular formula is C11H11ClN4O. The molecule has 0 amide bonds. The molecule has 0 bridgehead atoms. The molecular weight excluding hydrogens is 240 g/mol. The van der Waals surface area contributed by atoms with Crippen molar-refractivity contribution in [2.45, 2.75) is 6.92 Å². The standard InChI is InChI=1S/C11H11ClN4O/c1-6-14-10(16-11(13)15-6)8-4-3-7(17-2)5-9(8)12/h3-5H,1-2H3,(H2,13,14,15,16). The van der Waals surface area contributed by atoms with Gasteiger partial charge in [0, 0.05) is 5.56 Å². The lowest BCUT2D eigenvalue weighted by Crippen LogP contribution is -2.02. The van der Waals surface area contributed by atoms with Crippen LogP contribution in [0.1, 0.15) is 5.82 Å². The number of nitrogen functional groups attached to an aromatic ring is 1. The predicted octanol–water partition coefficient (Wildman–Crippen LogP) is 2.09. The molecule has 1 aromatic carbocycles. The van der Waals surface area contributed by atoms with Crippen LogP contribution in [0.3, 0.4) is 0 Å². The summed E-state index contributed by atoms with van der Waals surface area (Å²) < 4.78 is 5.07. The molecule has 0 aliphatic carbocycles. The molecule has 1 heterocycles. The van der Waals surface area contributed by atoms with Crippen molar-refractivity contribution in [2.75, 3.05) is 12.8 Å². The Morgan fingerprint density at radius 1 is 1.24 bits per heavy atom. The van der Waals surface area contributed by atoms with E-state index in [9.17, 15) is 0 Å². The quantitative estimate of drug-likeness (QED) is 0.883. The minimum atomic E-state index is 0.180. The number of aryl methyl sites for hydroxylation is 1. The van der Waals surface area contributed by atoms with Crippen molar-refractivity contribution >= 4 is 17.5 Å². The molecule has 6 heteroatoms. The number of methoxy groups -OCH3 is 1. The van der Waals surface area contributed by atoms with Gasteiger partial charge in [0.1, 0.15) is 11.6 Å². The zero-order chi connectivity index (χ0) is 12.4. The van der Waals surface area contributed by atoms with Crippen molar-refractivity contribution in [3.8, 4) is 17.1 Å². The Kier molecular flexibility index (Phi) is 3.10. The molecule has 0 fully saturated rings. The maximum absolute atomic E-state index is 6.13. The molecule has 0 aliphatic rings. The minimum Gasteiger partial charge on any atom is -0.497 e. The fourth-order valence-corrected chi connectivity index (χ4v) is 1.68. The smallest absolute Gasteiger partial charge is 0.223 e. The van der Waals surface area contributed by atoms with Gasteiger partial charge < -0.3 is 10.5 Å². The Bertz CT molecular complexity index is 539. The molecule has 0 aliphatic heterocycles. The number of anilines is 1. The Balaban J connectivity index is 2.52. The second-order valence-electron chi connectivity index (χ2n) is 3.41. The summed E-state index contributed by atoms with van der Waals surface area (Å²) in [6.45, 7) is 1.75. The highest BCUT2D eigenvalue weighted by molar-refractivity contribution is 6.33. The third-order valence-corrected chi connectivity index (χ3v) is 2.49. The number of benzene rings is 1. The first-order valence-corrected chi connectivity index (χ1v) is 5.30. The maximum atomic E-state index is 6.13. The first kappa shape index (κ1) is 11.6. The van der Waals surface area contributed by atoms with Crippen molar-refractivity contribution in [1.29, 1.82) is 0 Å². The zero-order valence-electron chi connectivity index (χ0n) is 9.44. The van der Waals surface area contributed by atoms with E-state index in [1.807, 2.05) is 0 Å². The Hall–Kier alpha value is -1.88. The number of nitrogens with two attached hydrogens (primary N) is 1. The summed E-state index contributed by atoms with van der Waals surface area (Å²) in [5.74, 6) is 1.87. The average molecular weight is 251 g/mol. The lowest BCUT2D eigenvalue weighted by atomic mass is 10.2. The molecule has 17 heavy (non-hydrogen) atoms. The van der Waals surface area contributed by atoms with E-state index in [2.05, 4.69) is 15.0 Å². The summed E-state index contributed by atoms with van der Waals surface area (Å²) in [7, 11) is 1.58. The van der Waals surface area contributed by atoms with Crippen LogP contribution in [0, 0.1) is 6.92 Å². The van der Waals surface area contributed by atoms with Gasteiger partial charge in [-0.05, 0) is 25.1 Å². The molecule has 2 rings (SSSR count). The molecule has 88 valence electrons. The molecule has 0 saturated heterocycles. The Morgan fingerprint density at radius 3 is 2.59 bits per heavy atom. The van der Waals surface area contributed by atoms with Crippen LogP contribution in [-0.2, 0) is 0 Å². The first-order valence-electron chi connectivity index (χ1n) is 4.92. The van der Waals surface area contributed by atoms with E-state index in [-0.39, 0.29) is 5.95 Å². The first-order chi connectivity index (χ1) is 8.10. The fraction of sp³-hybridized carbons (Fsp3) is 0.182. The number of hydrogen-bond donors (Lipinski definition) is 1. The van der Waals surface area contributed by atoms with Gasteiger partial charge in [-0.3, -0.25) is 0 Å². The maximum Gasteiger partial charge on any atom is 0.223 e. The zero-order valence-corrected chi connectivity index (χ0v) is 10.2. The number of rotatable bonds is 2. The molecule has 0 radical (unpaired) electrons. The van der Waals surface area contributed by atoms with Crippen molar-refractivity contribution in [3.05, 3.63) is 29.0 Å². The van der Waals surface area contributed by atoms with E-state index >= 15 is 0 Å². The van der Waals surface area contributed by atoms with Crippen LogP contribution in [0.2, 0.25) is 5.02 Å². The molecule has 0 spiro atoms. The van der Waals surface area contributed by atoms with Crippen LogP contribution in [-0.4, -0.2) is 22.1 Å². The Morgan fingerprint density at radius 2 is 2.00 bits per heavy atom. The third-order valence-electron chi connectivity index (χ3n) is 2.18. The monoisotopic (exact) mass is 250 g/mol. The van der Waals surface area contributed by atoms with Gasteiger partial charge in [0.05, 0.1) is 12.1 Å². The van der Waals surface area contributed by atoms with Gasteiger partial charge in [-0.15, -0.1) is 0 Å². The third kappa shape index (κ3) is 2.45. The van der Waals surface area contributed by atoms with E-state index in [0.717, 1.165) is 0 Å². The topological polar surface area (TPSA) is 73.9 Å². The van der Waals surface area contributed by atoms with Gasteiger partial charge in [-0.1, -0.05) is 11.6 Å². The van der Waals surface area contributed by atoms with Crippen LogP contribution < -0.4 is 10.5 Å². The van der Waals surface area contributed by atoms with Crippen LogP contribution in [0.5, 0.6) is 5.75 Å². The van der Waals surface area contributed by atoms with Crippen molar-refractivity contribution in [1.82, 2.24) is 15.0 Å². The van der Waals surface area contributed by atoms with E-state index in [0.29, 0.717) is 28.0 Å². The number of aromatic nitrogens is 3. The Labute approximate surface area is 104 Å². The van der Waals surface area contributed by atoms with Crippen LogP contribution in [0.4, 0.5) is 5.95 Å². The van der Waals surface area contributed by atoms with Crippen molar-refractivity contribution in [3.63, 3.8) is 0 Å². The highest BCUT2D eigenvalue weighted by Gasteiger charge is 2.09. The largest absolute Gasteiger partial charge is 0.497 e. The fourth-order valence-electron chi connectivity index (χ4n) is 1.43. The van der Waals surface area contributed by atoms with Crippen LogP contribution >= 0.6 is 11.6 Å². The molecule has 0 atom stereocenters. The van der Waals surface area contributed by atoms with E-state index < -0.39 is 0 Å². The number of nitrogens with zero attached hydrogens (tertiary/aromatic N) is 3. The van der Waals surface area contributed by atoms with Crippen LogP contribution in [0.15, 0.2) is 18.2 Å². The van der Waals surface area contributed by atoms with Gasteiger partial charge >= 0.3 is 0 Å². The molecule has 0 saturated carbocycles. The lowest BCUT2D eigenvalue weighted by Gasteiger charge is -2.06. The van der Waals surface area contributed by atoms with Gasteiger partial charge in [-0.2, -0.15) is 9.97 Å². The average Bonchev–Trinajstić information content (AvgIpc) is 2.27. The molecule has 5 nitrogen and oxygen atoms in total. The van der Waals surface area contributed by atoms with E-state index in [1.54, 1.807) is 32.2 Å². The summed E-state index contributed by atoms with van der Waals surface area (Å²) in [5, 5.41) is 0.509. The summed E-state index contributed by atoms with van der Waals surface area (Å²) >= 11 is 6.13. The van der Waals surface area contributed by atoms with Gasteiger partial charge in [0.15, 0.2) is 5.82 Å². The lowest BCUT2D eigenvalue weighted by molar-refractivity contribution is 0.415. The normalized spacial score (nSPS) is 10.3. The number of hydrogen-bond acceptors (Lipinski definition) is 5. The summed E-state index contributed by atoms with van der Waals surface area (Å²) in [6.07, 6.45) is 0. The second kappa shape index (κ2) is 4.55. The highest BCUT2D eigenvalue weighted by Crippen LogP contribution is 2.29. The van der Waals surface area contributed by atoms with E-state index in [4.69, 9.17) is 22.1 Å². The number of ether oxygens (including phenoxy) is 1. The summed E-state index contributed by atoms with van der Waals surface area (Å²) in [5.41, 5.74) is 6.27. The van der Waals surface area contributed by atoms with Gasteiger partial charge in [0.25, 0.3) is 0 Å². The second-order valence-corrected chi connectivity index (χ2v) is 3.82. The summed E-state index contributed by atoms with van der Waals surface area (Å²) in [6, 6.07) is 5.28. The highest BCUT2D eigenvalue weighted by atomic mass is 35.5. The minimum absolute atomic E-state index is 0.180. The molecule has 1 aromatic heterocycles.